The van der Waals surface area contributed by atoms with Gasteiger partial charge in [0, 0.05) is 65.4 Å². The van der Waals surface area contributed by atoms with Crippen LogP contribution in [0.3, 0.4) is 0 Å². The molecular formula is C68H72N8. The first-order valence-corrected chi connectivity index (χ1v) is 26.5. The lowest BCUT2D eigenvalue weighted by Gasteiger charge is -2.21. The second-order valence-corrected chi connectivity index (χ2v) is 24.2. The third kappa shape index (κ3) is 11.0. The van der Waals surface area contributed by atoms with E-state index in [0.717, 1.165) is 78.9 Å². The number of hydrogen-bond donors (Lipinski definition) is 0. The maximum Gasteiger partial charge on any atom is 0.134 e. The van der Waals surface area contributed by atoms with E-state index in [1.807, 2.05) is 13.8 Å². The normalized spacial score (nSPS) is 12.2. The molecule has 0 spiro atoms. The van der Waals surface area contributed by atoms with Crippen LogP contribution in [0.4, 0.5) is 0 Å². The number of aryl methyl sites for hydroxylation is 4. The first-order chi connectivity index (χ1) is 35.9. The van der Waals surface area contributed by atoms with Gasteiger partial charge in [0.1, 0.15) is 23.3 Å². The fourth-order valence-electron chi connectivity index (χ4n) is 9.88. The second-order valence-electron chi connectivity index (χ2n) is 24.2. The van der Waals surface area contributed by atoms with Gasteiger partial charge in [-0.15, -0.1) is 0 Å². The summed E-state index contributed by atoms with van der Waals surface area (Å²) in [6.45, 7) is 34.2. The molecule has 0 amide bonds. The molecule has 0 saturated heterocycles. The summed E-state index contributed by atoms with van der Waals surface area (Å²) in [4.78, 5) is 37.6. The summed E-state index contributed by atoms with van der Waals surface area (Å²) in [5.74, 6) is 3.50. The van der Waals surface area contributed by atoms with Gasteiger partial charge in [-0.2, -0.15) is 0 Å². The maximum absolute atomic E-state index is 4.82. The lowest BCUT2D eigenvalue weighted by atomic mass is 9.87. The number of hydrogen-bond acceptors (Lipinski definition) is 8. The Morgan fingerprint density at radius 1 is 0.263 bits per heavy atom. The smallest absolute Gasteiger partial charge is 0.134 e. The SMILES string of the molecule is Cc1nc(C(C)(C)C)c2c(ccc3ccccc32)n1.Cc1nc(C(C)(C)C)c2ccc3ccccc3c2n1.Cc1nc(C(C)(C)C)nc2c1ccc1ccccc12.Cc1nc(C(C)(C)C)nc2ccc3ccccc3c12. The number of benzene rings is 8. The average molecular weight is 1000 g/mol. The van der Waals surface area contributed by atoms with E-state index in [4.69, 9.17) is 19.9 Å². The van der Waals surface area contributed by atoms with Crippen molar-refractivity contribution in [3.8, 4) is 0 Å². The van der Waals surface area contributed by atoms with Gasteiger partial charge in [0.15, 0.2) is 0 Å². The summed E-state index contributed by atoms with van der Waals surface area (Å²) < 4.78 is 0. The summed E-state index contributed by atoms with van der Waals surface area (Å²) in [7, 11) is 0. The van der Waals surface area contributed by atoms with E-state index in [1.165, 1.54) is 53.9 Å². The number of nitrogens with zero attached hydrogens (tertiary/aromatic N) is 8. The molecule has 0 unspecified atom stereocenters. The van der Waals surface area contributed by atoms with Gasteiger partial charge in [-0.3, -0.25) is 0 Å². The molecule has 0 saturated carbocycles. The Kier molecular flexibility index (Phi) is 14.2. The van der Waals surface area contributed by atoms with Crippen molar-refractivity contribution in [2.24, 2.45) is 0 Å². The predicted octanol–water partition coefficient (Wildman–Crippen LogP) is 17.6. The van der Waals surface area contributed by atoms with Crippen LogP contribution < -0.4 is 0 Å². The topological polar surface area (TPSA) is 103 Å². The molecule has 0 bridgehead atoms. The minimum Gasteiger partial charge on any atom is -0.237 e. The fourth-order valence-corrected chi connectivity index (χ4v) is 9.88. The van der Waals surface area contributed by atoms with Crippen molar-refractivity contribution in [1.29, 1.82) is 0 Å². The van der Waals surface area contributed by atoms with Gasteiger partial charge in [0.05, 0.1) is 33.5 Å². The van der Waals surface area contributed by atoms with Crippen molar-refractivity contribution in [3.05, 3.63) is 192 Å². The van der Waals surface area contributed by atoms with Crippen LogP contribution in [0.5, 0.6) is 0 Å². The van der Waals surface area contributed by atoms with E-state index in [0.29, 0.717) is 0 Å². The molecule has 0 fully saturated rings. The van der Waals surface area contributed by atoms with E-state index in [9.17, 15) is 0 Å². The zero-order chi connectivity index (χ0) is 54.5. The van der Waals surface area contributed by atoms with Crippen molar-refractivity contribution in [3.63, 3.8) is 0 Å². The standard InChI is InChI=1S/4C17H18N2/c1-11-13-10-9-12-7-5-6-8-14(12)15(13)19-16(18-11)17(2,3)4;1-11-18-14-10-9-12-7-5-6-8-13(12)15(14)16(19-11)17(2,3)4;1-11-18-15-13-8-6-5-7-12(13)9-10-14(15)16(19-11)17(2,3)4;1-11-15-13-8-6-5-7-12(13)9-10-14(15)19-16(18-11)17(2,3)4/h4*5-10H,1-4H3. The van der Waals surface area contributed by atoms with Gasteiger partial charge >= 0.3 is 0 Å². The Balaban J connectivity index is 0.000000124. The fraction of sp³-hybridized carbons (Fsp3) is 0.294. The molecule has 76 heavy (non-hydrogen) atoms. The van der Waals surface area contributed by atoms with E-state index in [2.05, 4.69) is 262 Å². The Morgan fingerprint density at radius 2 is 0.645 bits per heavy atom. The molecule has 0 N–H and O–H groups in total. The van der Waals surface area contributed by atoms with Crippen LogP contribution in [-0.4, -0.2) is 39.9 Å². The van der Waals surface area contributed by atoms with Gasteiger partial charge in [0.2, 0.25) is 0 Å². The zero-order valence-electron chi connectivity index (χ0n) is 47.4. The van der Waals surface area contributed by atoms with Crippen LogP contribution in [0, 0.1) is 27.7 Å². The van der Waals surface area contributed by atoms with Gasteiger partial charge in [-0.05, 0) is 72.1 Å². The number of aromatic nitrogens is 8. The molecule has 0 radical (unpaired) electrons. The average Bonchev–Trinajstić information content (AvgIpc) is 3.39. The number of fused-ring (bicyclic) bond motifs is 12. The third-order valence-electron chi connectivity index (χ3n) is 13.7. The highest BCUT2D eigenvalue weighted by Gasteiger charge is 2.24. The maximum atomic E-state index is 4.82. The summed E-state index contributed by atoms with van der Waals surface area (Å²) in [5, 5.41) is 14.5. The number of rotatable bonds is 0. The van der Waals surface area contributed by atoms with Crippen molar-refractivity contribution < 1.29 is 0 Å². The van der Waals surface area contributed by atoms with Crippen LogP contribution in [0.2, 0.25) is 0 Å². The van der Waals surface area contributed by atoms with E-state index in [1.54, 1.807) is 0 Å². The van der Waals surface area contributed by atoms with Gasteiger partial charge < -0.3 is 0 Å². The van der Waals surface area contributed by atoms with Crippen molar-refractivity contribution in [2.75, 3.05) is 0 Å². The minimum atomic E-state index is -0.0319. The molecule has 8 heteroatoms. The van der Waals surface area contributed by atoms with Gasteiger partial charge in [0.25, 0.3) is 0 Å². The Labute approximate surface area is 448 Å². The quantitative estimate of drug-likeness (QED) is 0.138. The highest BCUT2D eigenvalue weighted by Crippen LogP contribution is 2.35. The molecule has 12 aromatic rings. The molecule has 8 aromatic carbocycles. The molecule has 0 aliphatic carbocycles. The van der Waals surface area contributed by atoms with Gasteiger partial charge in [-0.25, -0.2) is 39.9 Å². The summed E-state index contributed by atoms with van der Waals surface area (Å²) in [6.07, 6.45) is 0. The van der Waals surface area contributed by atoms with Crippen molar-refractivity contribution >= 4 is 86.7 Å². The lowest BCUT2D eigenvalue weighted by molar-refractivity contribution is 0.546. The van der Waals surface area contributed by atoms with Crippen molar-refractivity contribution in [2.45, 2.75) is 132 Å². The van der Waals surface area contributed by atoms with Crippen LogP contribution >= 0.6 is 0 Å². The van der Waals surface area contributed by atoms with Crippen LogP contribution in [0.1, 0.15) is 129 Å². The van der Waals surface area contributed by atoms with E-state index in [-0.39, 0.29) is 21.7 Å². The van der Waals surface area contributed by atoms with Crippen LogP contribution in [-0.2, 0) is 21.7 Å². The minimum absolute atomic E-state index is 0.00999. The van der Waals surface area contributed by atoms with Crippen molar-refractivity contribution in [1.82, 2.24) is 39.9 Å². The monoisotopic (exact) mass is 1000 g/mol. The molecule has 0 aliphatic rings. The second kappa shape index (κ2) is 20.4. The highest BCUT2D eigenvalue weighted by molar-refractivity contribution is 6.09. The zero-order valence-corrected chi connectivity index (χ0v) is 47.4. The molecule has 0 atom stereocenters. The molecule has 4 aromatic heterocycles. The third-order valence-corrected chi connectivity index (χ3v) is 13.7. The summed E-state index contributed by atoms with van der Waals surface area (Å²) in [5.41, 5.74) is 8.56. The molecular weight excluding hydrogens is 929 g/mol. The largest absolute Gasteiger partial charge is 0.237 e. The van der Waals surface area contributed by atoms with E-state index < -0.39 is 0 Å². The lowest BCUT2D eigenvalue weighted by Crippen LogP contribution is -2.16. The van der Waals surface area contributed by atoms with Crippen LogP contribution in [0.25, 0.3) is 86.7 Å². The molecule has 8 nitrogen and oxygen atoms in total. The molecule has 0 aliphatic heterocycles. The predicted molar refractivity (Wildman–Crippen MR) is 322 cm³/mol. The summed E-state index contributed by atoms with van der Waals surface area (Å²) in [6, 6.07) is 50.7. The van der Waals surface area contributed by atoms with Crippen LogP contribution in [0.15, 0.2) is 146 Å². The van der Waals surface area contributed by atoms with Gasteiger partial charge in [-0.1, -0.05) is 217 Å². The summed E-state index contributed by atoms with van der Waals surface area (Å²) >= 11 is 0. The Hall–Kier alpha value is -7.84. The highest BCUT2D eigenvalue weighted by atomic mass is 14.9. The Morgan fingerprint density at radius 3 is 1.16 bits per heavy atom. The first-order valence-electron chi connectivity index (χ1n) is 26.5. The molecule has 384 valence electrons. The molecule has 12 rings (SSSR count). The van der Waals surface area contributed by atoms with E-state index >= 15 is 0 Å². The first kappa shape index (κ1) is 53.0. The Bertz CT molecular complexity index is 4100. The molecule has 4 heterocycles.